The van der Waals surface area contributed by atoms with Gasteiger partial charge in [-0.2, -0.15) is 0 Å². The Morgan fingerprint density at radius 3 is 2.33 bits per heavy atom. The molecule has 0 aliphatic carbocycles. The number of hydrogen-bond acceptors (Lipinski definition) is 4. The van der Waals surface area contributed by atoms with Crippen molar-refractivity contribution < 1.29 is 14.3 Å². The maximum absolute atomic E-state index is 11.7. The molecule has 0 aliphatic heterocycles. The Balaban J connectivity index is 2.53. The van der Waals surface area contributed by atoms with Gasteiger partial charge in [0.2, 0.25) is 5.91 Å². The highest BCUT2D eigenvalue weighted by Crippen LogP contribution is 2.23. The molecule has 0 unspecified atom stereocenters. The van der Waals surface area contributed by atoms with Crippen LogP contribution in [0.3, 0.4) is 0 Å². The van der Waals surface area contributed by atoms with E-state index in [1.165, 1.54) is 6.08 Å². The second-order valence-electron chi connectivity index (χ2n) is 4.93. The quantitative estimate of drug-likeness (QED) is 0.586. The number of hydrogen-bond donors (Lipinski definition) is 1. The number of rotatable bonds is 8. The Kier molecular flexibility index (Phi) is 7.32. The molecule has 1 amide bonds. The predicted octanol–water partition coefficient (Wildman–Crippen LogP) is 1.78. The lowest BCUT2D eigenvalue weighted by Crippen LogP contribution is -2.25. The zero-order valence-electron chi connectivity index (χ0n) is 13.2. The maximum Gasteiger partial charge on any atom is 0.243 e. The first-order chi connectivity index (χ1) is 10.0. The number of carbonyl (C=O) groups is 1. The number of methoxy groups -OCH3 is 2. The number of ether oxygens (including phenoxy) is 2. The van der Waals surface area contributed by atoms with Gasteiger partial charge in [-0.15, -0.1) is 0 Å². The Bertz CT molecular complexity index is 462. The van der Waals surface area contributed by atoms with Crippen LogP contribution in [0.25, 0.3) is 6.08 Å². The van der Waals surface area contributed by atoms with Gasteiger partial charge in [-0.05, 0) is 50.8 Å². The number of nitrogens with one attached hydrogen (secondary N) is 1. The van der Waals surface area contributed by atoms with Gasteiger partial charge >= 0.3 is 0 Å². The van der Waals surface area contributed by atoms with Crippen molar-refractivity contribution in [2.24, 2.45) is 0 Å². The third-order valence-electron chi connectivity index (χ3n) is 2.88. The summed E-state index contributed by atoms with van der Waals surface area (Å²) in [5.41, 5.74) is 0.856. The first kappa shape index (κ1) is 17.0. The molecule has 21 heavy (non-hydrogen) atoms. The van der Waals surface area contributed by atoms with E-state index in [0.29, 0.717) is 18.0 Å². The predicted molar refractivity (Wildman–Crippen MR) is 84.8 cm³/mol. The topological polar surface area (TPSA) is 50.8 Å². The monoisotopic (exact) mass is 292 g/mol. The van der Waals surface area contributed by atoms with Crippen LogP contribution in [0, 0.1) is 0 Å². The molecule has 1 rings (SSSR count). The zero-order valence-corrected chi connectivity index (χ0v) is 13.2. The van der Waals surface area contributed by atoms with Crippen LogP contribution in [0.5, 0.6) is 11.5 Å². The highest BCUT2D eigenvalue weighted by atomic mass is 16.5. The number of carbonyl (C=O) groups excluding carboxylic acids is 1. The Morgan fingerprint density at radius 1 is 1.19 bits per heavy atom. The van der Waals surface area contributed by atoms with Crippen LogP contribution in [0.1, 0.15) is 12.0 Å². The van der Waals surface area contributed by atoms with E-state index in [-0.39, 0.29) is 5.91 Å². The summed E-state index contributed by atoms with van der Waals surface area (Å²) < 4.78 is 10.4. The molecule has 0 spiro atoms. The fourth-order valence-corrected chi connectivity index (χ4v) is 1.76. The normalized spacial score (nSPS) is 10.9. The van der Waals surface area contributed by atoms with Crippen LogP contribution in [0.2, 0.25) is 0 Å². The Hall–Kier alpha value is -2.01. The summed E-state index contributed by atoms with van der Waals surface area (Å²) in [5, 5.41) is 2.85. The highest BCUT2D eigenvalue weighted by molar-refractivity contribution is 5.91. The summed E-state index contributed by atoms with van der Waals surface area (Å²) in [7, 11) is 7.22. The van der Waals surface area contributed by atoms with E-state index in [9.17, 15) is 4.79 Å². The molecule has 0 radical (unpaired) electrons. The molecule has 1 aromatic carbocycles. The highest BCUT2D eigenvalue weighted by Gasteiger charge is 2.00. The van der Waals surface area contributed by atoms with Crippen molar-refractivity contribution in [1.82, 2.24) is 10.2 Å². The first-order valence-electron chi connectivity index (χ1n) is 6.89. The third kappa shape index (κ3) is 6.81. The minimum atomic E-state index is -0.101. The molecule has 0 saturated heterocycles. The van der Waals surface area contributed by atoms with E-state index in [2.05, 4.69) is 10.2 Å². The summed E-state index contributed by atoms with van der Waals surface area (Å²) in [6.45, 7) is 1.62. The number of benzene rings is 1. The lowest BCUT2D eigenvalue weighted by Gasteiger charge is -2.09. The summed E-state index contributed by atoms with van der Waals surface area (Å²) in [6, 6.07) is 5.48. The SMILES string of the molecule is COc1cc(/C=C/C(=O)NCCCN(C)C)cc(OC)c1. The summed E-state index contributed by atoms with van der Waals surface area (Å²) in [4.78, 5) is 13.8. The van der Waals surface area contributed by atoms with Gasteiger partial charge in [-0.1, -0.05) is 0 Å². The van der Waals surface area contributed by atoms with Crippen molar-refractivity contribution in [2.45, 2.75) is 6.42 Å². The molecule has 1 aromatic rings. The van der Waals surface area contributed by atoms with Gasteiger partial charge < -0.3 is 19.7 Å². The fraction of sp³-hybridized carbons (Fsp3) is 0.438. The van der Waals surface area contributed by atoms with Crippen molar-refractivity contribution in [2.75, 3.05) is 41.4 Å². The van der Waals surface area contributed by atoms with Crippen LogP contribution in [-0.4, -0.2) is 52.2 Å². The maximum atomic E-state index is 11.7. The van der Waals surface area contributed by atoms with Crippen molar-refractivity contribution in [3.63, 3.8) is 0 Å². The van der Waals surface area contributed by atoms with Gasteiger partial charge in [0.15, 0.2) is 0 Å². The van der Waals surface area contributed by atoms with Crippen molar-refractivity contribution >= 4 is 12.0 Å². The van der Waals surface area contributed by atoms with Crippen LogP contribution < -0.4 is 14.8 Å². The Labute approximate surface area is 126 Å². The van der Waals surface area contributed by atoms with E-state index in [1.54, 1.807) is 26.4 Å². The molecule has 0 bridgehead atoms. The van der Waals surface area contributed by atoms with E-state index in [1.807, 2.05) is 26.2 Å². The van der Waals surface area contributed by atoms with Crippen LogP contribution in [0.15, 0.2) is 24.3 Å². The lowest BCUT2D eigenvalue weighted by atomic mass is 10.2. The number of amides is 1. The molecule has 0 fully saturated rings. The molecule has 0 atom stereocenters. The average Bonchev–Trinajstić information content (AvgIpc) is 2.48. The second-order valence-corrected chi connectivity index (χ2v) is 4.93. The smallest absolute Gasteiger partial charge is 0.243 e. The molecule has 0 aliphatic rings. The molecular weight excluding hydrogens is 268 g/mol. The van der Waals surface area contributed by atoms with E-state index < -0.39 is 0 Å². The van der Waals surface area contributed by atoms with Gasteiger partial charge in [-0.25, -0.2) is 0 Å². The van der Waals surface area contributed by atoms with E-state index in [0.717, 1.165) is 18.5 Å². The minimum Gasteiger partial charge on any atom is -0.497 e. The standard InChI is InChI=1S/C16H24N2O3/c1-18(2)9-5-8-17-16(19)7-6-13-10-14(20-3)12-15(11-13)21-4/h6-7,10-12H,5,8-9H2,1-4H3,(H,17,19)/b7-6+. The third-order valence-corrected chi connectivity index (χ3v) is 2.88. The minimum absolute atomic E-state index is 0.101. The molecule has 5 heteroatoms. The van der Waals surface area contributed by atoms with Gasteiger partial charge in [0, 0.05) is 18.7 Å². The summed E-state index contributed by atoms with van der Waals surface area (Å²) >= 11 is 0. The first-order valence-corrected chi connectivity index (χ1v) is 6.89. The van der Waals surface area contributed by atoms with Crippen molar-refractivity contribution in [3.8, 4) is 11.5 Å². The second kappa shape index (κ2) is 9.02. The van der Waals surface area contributed by atoms with E-state index in [4.69, 9.17) is 9.47 Å². The zero-order chi connectivity index (χ0) is 15.7. The van der Waals surface area contributed by atoms with Crippen molar-refractivity contribution in [1.29, 1.82) is 0 Å². The molecule has 0 aromatic heterocycles. The van der Waals surface area contributed by atoms with Crippen LogP contribution in [-0.2, 0) is 4.79 Å². The molecule has 116 valence electrons. The number of nitrogens with zero attached hydrogens (tertiary/aromatic N) is 1. The van der Waals surface area contributed by atoms with Gasteiger partial charge in [-0.3, -0.25) is 4.79 Å². The molecule has 5 nitrogen and oxygen atoms in total. The van der Waals surface area contributed by atoms with E-state index >= 15 is 0 Å². The molecular formula is C16H24N2O3. The fourth-order valence-electron chi connectivity index (χ4n) is 1.76. The van der Waals surface area contributed by atoms with Gasteiger partial charge in [0.1, 0.15) is 11.5 Å². The summed E-state index contributed by atoms with van der Waals surface area (Å²) in [6.07, 6.45) is 4.19. The van der Waals surface area contributed by atoms with Crippen LogP contribution >= 0.6 is 0 Å². The summed E-state index contributed by atoms with van der Waals surface area (Å²) in [5.74, 6) is 1.29. The lowest BCUT2D eigenvalue weighted by molar-refractivity contribution is -0.116. The largest absolute Gasteiger partial charge is 0.497 e. The Morgan fingerprint density at radius 2 is 1.81 bits per heavy atom. The molecule has 0 heterocycles. The molecule has 1 N–H and O–H groups in total. The van der Waals surface area contributed by atoms with Crippen LogP contribution in [0.4, 0.5) is 0 Å². The van der Waals surface area contributed by atoms with Gasteiger partial charge in [0.25, 0.3) is 0 Å². The van der Waals surface area contributed by atoms with Crippen molar-refractivity contribution in [3.05, 3.63) is 29.8 Å². The average molecular weight is 292 g/mol. The van der Waals surface area contributed by atoms with Gasteiger partial charge in [0.05, 0.1) is 14.2 Å². The molecule has 0 saturated carbocycles.